The second-order valence-electron chi connectivity index (χ2n) is 5.99. The van der Waals surface area contributed by atoms with Crippen molar-refractivity contribution in [1.82, 2.24) is 10.2 Å². The van der Waals surface area contributed by atoms with Gasteiger partial charge in [0, 0.05) is 32.7 Å². The third kappa shape index (κ3) is 5.11. The maximum Gasteiger partial charge on any atom is 0.573 e. The average Bonchev–Trinajstić information content (AvgIpc) is 2.54. The molecule has 1 aliphatic rings. The lowest BCUT2D eigenvalue weighted by Crippen LogP contribution is -2.42. The van der Waals surface area contributed by atoms with E-state index in [9.17, 15) is 18.3 Å². The number of hydrogen-bond acceptors (Lipinski definition) is 4. The third-order valence-electron chi connectivity index (χ3n) is 4.00. The van der Waals surface area contributed by atoms with Crippen LogP contribution in [-0.4, -0.2) is 42.5 Å². The van der Waals surface area contributed by atoms with Crippen LogP contribution in [0.15, 0.2) is 42.5 Å². The topological polar surface area (TPSA) is 44.7 Å². The van der Waals surface area contributed by atoms with Crippen molar-refractivity contribution in [3.63, 3.8) is 0 Å². The van der Waals surface area contributed by atoms with Crippen LogP contribution in [0.3, 0.4) is 0 Å². The molecule has 25 heavy (non-hydrogen) atoms. The van der Waals surface area contributed by atoms with Crippen LogP contribution in [-0.2, 0) is 6.54 Å². The summed E-state index contributed by atoms with van der Waals surface area (Å²) < 4.78 is 42.1. The molecule has 0 amide bonds. The number of piperazine rings is 1. The normalized spacial score (nSPS) is 16.0. The smallest absolute Gasteiger partial charge is 0.508 e. The Morgan fingerprint density at radius 3 is 2.48 bits per heavy atom. The van der Waals surface area contributed by atoms with Gasteiger partial charge in [-0.15, -0.1) is 13.2 Å². The molecule has 4 nitrogen and oxygen atoms in total. The summed E-state index contributed by atoms with van der Waals surface area (Å²) in [5, 5.41) is 12.9. The van der Waals surface area contributed by atoms with Crippen LogP contribution in [0.5, 0.6) is 11.5 Å². The van der Waals surface area contributed by atoms with Gasteiger partial charge in [0.1, 0.15) is 11.5 Å². The molecule has 1 fully saturated rings. The van der Waals surface area contributed by atoms with Crippen molar-refractivity contribution in [3.8, 4) is 22.6 Å². The average molecular weight is 352 g/mol. The highest BCUT2D eigenvalue weighted by atomic mass is 19.4. The molecule has 2 aromatic rings. The predicted molar refractivity (Wildman–Crippen MR) is 88.4 cm³/mol. The van der Waals surface area contributed by atoms with E-state index in [1.807, 2.05) is 6.07 Å². The molecule has 1 heterocycles. The van der Waals surface area contributed by atoms with E-state index in [1.165, 1.54) is 24.3 Å². The van der Waals surface area contributed by atoms with Gasteiger partial charge in [-0.25, -0.2) is 0 Å². The molecule has 0 saturated carbocycles. The van der Waals surface area contributed by atoms with Crippen LogP contribution in [0, 0.1) is 0 Å². The number of nitrogens with one attached hydrogen (secondary N) is 1. The molecule has 0 atom stereocenters. The van der Waals surface area contributed by atoms with E-state index >= 15 is 0 Å². The minimum atomic E-state index is -4.75. The number of ether oxygens (including phenoxy) is 1. The van der Waals surface area contributed by atoms with E-state index < -0.39 is 6.36 Å². The number of nitrogens with zero attached hydrogens (tertiary/aromatic N) is 1. The molecule has 7 heteroatoms. The number of hydrogen-bond donors (Lipinski definition) is 2. The van der Waals surface area contributed by atoms with Crippen LogP contribution in [0.25, 0.3) is 11.1 Å². The second kappa shape index (κ2) is 7.33. The standard InChI is InChI=1S/C18H19F3N2O2/c19-18(20,21)25-17-9-13(12-23-6-4-22-5-7-23)8-15(11-17)14-2-1-3-16(24)10-14/h1-3,8-11,22,24H,4-7,12H2. The summed E-state index contributed by atoms with van der Waals surface area (Å²) in [6, 6.07) is 11.0. The van der Waals surface area contributed by atoms with E-state index in [2.05, 4.69) is 15.0 Å². The Morgan fingerprint density at radius 1 is 1.04 bits per heavy atom. The van der Waals surface area contributed by atoms with Gasteiger partial charge in [-0.3, -0.25) is 4.90 Å². The fourth-order valence-corrected chi connectivity index (χ4v) is 2.92. The van der Waals surface area contributed by atoms with Gasteiger partial charge in [0.05, 0.1) is 0 Å². The lowest BCUT2D eigenvalue weighted by molar-refractivity contribution is -0.274. The highest BCUT2D eigenvalue weighted by Crippen LogP contribution is 2.31. The molecule has 0 aliphatic carbocycles. The largest absolute Gasteiger partial charge is 0.573 e. The summed E-state index contributed by atoms with van der Waals surface area (Å²) in [6.07, 6.45) is -4.75. The molecule has 0 unspecified atom stereocenters. The Labute approximate surface area is 143 Å². The molecule has 3 rings (SSSR count). The number of phenols is 1. The minimum Gasteiger partial charge on any atom is -0.508 e. The van der Waals surface area contributed by atoms with Crippen molar-refractivity contribution < 1.29 is 23.0 Å². The van der Waals surface area contributed by atoms with Crippen molar-refractivity contribution in [1.29, 1.82) is 0 Å². The van der Waals surface area contributed by atoms with Gasteiger partial charge in [0.15, 0.2) is 0 Å². The highest BCUT2D eigenvalue weighted by molar-refractivity contribution is 5.67. The Bertz CT molecular complexity index is 729. The quantitative estimate of drug-likeness (QED) is 0.886. The lowest BCUT2D eigenvalue weighted by atomic mass is 10.0. The first-order valence-electron chi connectivity index (χ1n) is 8.01. The van der Waals surface area contributed by atoms with Gasteiger partial charge >= 0.3 is 6.36 Å². The van der Waals surface area contributed by atoms with E-state index in [0.29, 0.717) is 17.7 Å². The van der Waals surface area contributed by atoms with Crippen LogP contribution in [0.2, 0.25) is 0 Å². The zero-order chi connectivity index (χ0) is 17.9. The maximum atomic E-state index is 12.6. The Hall–Kier alpha value is -2.25. The van der Waals surface area contributed by atoms with Crippen molar-refractivity contribution in [3.05, 3.63) is 48.0 Å². The van der Waals surface area contributed by atoms with Gasteiger partial charge < -0.3 is 15.2 Å². The molecule has 2 N–H and O–H groups in total. The third-order valence-corrected chi connectivity index (χ3v) is 4.00. The number of alkyl halides is 3. The number of aromatic hydroxyl groups is 1. The monoisotopic (exact) mass is 352 g/mol. The van der Waals surface area contributed by atoms with Crippen molar-refractivity contribution in [2.45, 2.75) is 12.9 Å². The molecule has 134 valence electrons. The van der Waals surface area contributed by atoms with Crippen LogP contribution < -0.4 is 10.1 Å². The minimum absolute atomic E-state index is 0.0586. The lowest BCUT2D eigenvalue weighted by Gasteiger charge is -2.27. The molecular weight excluding hydrogens is 333 g/mol. The van der Waals surface area contributed by atoms with E-state index in [0.717, 1.165) is 31.7 Å². The number of phenolic OH excluding ortho intramolecular Hbond substituents is 1. The molecule has 0 radical (unpaired) electrons. The van der Waals surface area contributed by atoms with Crippen LogP contribution >= 0.6 is 0 Å². The Balaban J connectivity index is 1.92. The molecule has 0 bridgehead atoms. The second-order valence-corrected chi connectivity index (χ2v) is 5.99. The van der Waals surface area contributed by atoms with E-state index in [4.69, 9.17) is 0 Å². The molecule has 2 aromatic carbocycles. The molecule has 1 saturated heterocycles. The van der Waals surface area contributed by atoms with Crippen molar-refractivity contribution in [2.24, 2.45) is 0 Å². The molecule has 0 aromatic heterocycles. The first-order chi connectivity index (χ1) is 11.9. The van der Waals surface area contributed by atoms with Crippen LogP contribution in [0.1, 0.15) is 5.56 Å². The fraction of sp³-hybridized carbons (Fsp3) is 0.333. The number of rotatable bonds is 4. The SMILES string of the molecule is Oc1cccc(-c2cc(CN3CCNCC3)cc(OC(F)(F)F)c2)c1. The van der Waals surface area contributed by atoms with Gasteiger partial charge in [0.2, 0.25) is 0 Å². The van der Waals surface area contributed by atoms with Gasteiger partial charge in [-0.05, 0) is 47.0 Å². The van der Waals surface area contributed by atoms with Crippen LogP contribution in [0.4, 0.5) is 13.2 Å². The summed E-state index contributed by atoms with van der Waals surface area (Å²) in [6.45, 7) is 3.94. The molecule has 1 aliphatic heterocycles. The zero-order valence-electron chi connectivity index (χ0n) is 13.5. The van der Waals surface area contributed by atoms with Gasteiger partial charge in [-0.2, -0.15) is 0 Å². The summed E-state index contributed by atoms with van der Waals surface area (Å²) in [7, 11) is 0. The highest BCUT2D eigenvalue weighted by Gasteiger charge is 2.31. The zero-order valence-corrected chi connectivity index (χ0v) is 13.5. The molecular formula is C18H19F3N2O2. The summed E-state index contributed by atoms with van der Waals surface area (Å²) in [5.41, 5.74) is 1.94. The number of benzene rings is 2. The predicted octanol–water partition coefficient (Wildman–Crippen LogP) is 3.36. The van der Waals surface area contributed by atoms with Gasteiger partial charge in [0.25, 0.3) is 0 Å². The van der Waals surface area contributed by atoms with E-state index in [-0.39, 0.29) is 11.5 Å². The maximum absolute atomic E-state index is 12.6. The fourth-order valence-electron chi connectivity index (χ4n) is 2.92. The van der Waals surface area contributed by atoms with Crippen molar-refractivity contribution in [2.75, 3.05) is 26.2 Å². The first kappa shape index (κ1) is 17.6. The summed E-state index contributed by atoms with van der Waals surface area (Å²) >= 11 is 0. The molecule has 0 spiro atoms. The first-order valence-corrected chi connectivity index (χ1v) is 8.01. The summed E-state index contributed by atoms with van der Waals surface area (Å²) in [4.78, 5) is 2.18. The van der Waals surface area contributed by atoms with Crippen molar-refractivity contribution >= 4 is 0 Å². The Morgan fingerprint density at radius 2 is 1.80 bits per heavy atom. The van der Waals surface area contributed by atoms with Gasteiger partial charge in [-0.1, -0.05) is 12.1 Å². The summed E-state index contributed by atoms with van der Waals surface area (Å²) in [5.74, 6) is -0.193. The Kier molecular flexibility index (Phi) is 5.15. The van der Waals surface area contributed by atoms with E-state index in [1.54, 1.807) is 12.1 Å². The number of halogens is 3.